The first-order valence-corrected chi connectivity index (χ1v) is 8.22. The summed E-state index contributed by atoms with van der Waals surface area (Å²) in [6, 6.07) is 9.28. The van der Waals surface area contributed by atoms with E-state index in [2.05, 4.69) is 9.44 Å². The molecule has 0 bridgehead atoms. The molecule has 1 atom stereocenters. The van der Waals surface area contributed by atoms with E-state index in [0.717, 1.165) is 17.0 Å². The Morgan fingerprint density at radius 1 is 1.36 bits per heavy atom. The average molecular weight is 329 g/mol. The minimum atomic E-state index is -4.20. The maximum absolute atomic E-state index is 11.3. The Hall–Kier alpha value is -1.84. The van der Waals surface area contributed by atoms with E-state index in [1.165, 1.54) is 0 Å². The lowest BCUT2D eigenvalue weighted by Crippen LogP contribution is -2.50. The van der Waals surface area contributed by atoms with Gasteiger partial charge in [-0.2, -0.15) is 13.5 Å². The van der Waals surface area contributed by atoms with Crippen LogP contribution < -0.4 is 5.73 Å². The van der Waals surface area contributed by atoms with Crippen molar-refractivity contribution in [2.75, 3.05) is 6.61 Å². The maximum atomic E-state index is 11.3. The van der Waals surface area contributed by atoms with Crippen LogP contribution in [0.5, 0.6) is 0 Å². The van der Waals surface area contributed by atoms with Crippen molar-refractivity contribution in [2.24, 2.45) is 10.9 Å². The van der Waals surface area contributed by atoms with Gasteiger partial charge in [0.25, 0.3) is 5.96 Å². The SMILES string of the molecule is CCCC(COCc1ccccc1)N1OS(=O)(=O)ON=C1N. The van der Waals surface area contributed by atoms with Crippen LogP contribution in [-0.2, 0) is 30.3 Å². The van der Waals surface area contributed by atoms with Crippen LogP contribution in [0.1, 0.15) is 25.3 Å². The molecule has 0 fully saturated rings. The second-order valence-electron chi connectivity index (χ2n) is 4.78. The Morgan fingerprint density at radius 3 is 2.77 bits per heavy atom. The summed E-state index contributed by atoms with van der Waals surface area (Å²) in [6.07, 6.45) is 1.42. The van der Waals surface area contributed by atoms with Crippen LogP contribution in [0, 0.1) is 0 Å². The van der Waals surface area contributed by atoms with Crippen LogP contribution in [0.15, 0.2) is 35.5 Å². The smallest absolute Gasteiger partial charge is 0.375 e. The molecule has 8 nitrogen and oxygen atoms in total. The Labute approximate surface area is 129 Å². The Balaban J connectivity index is 1.97. The van der Waals surface area contributed by atoms with Crippen molar-refractivity contribution in [2.45, 2.75) is 32.4 Å². The van der Waals surface area contributed by atoms with E-state index in [4.69, 9.17) is 14.8 Å². The Morgan fingerprint density at radius 2 is 2.09 bits per heavy atom. The molecule has 1 heterocycles. The molecule has 1 aromatic rings. The summed E-state index contributed by atoms with van der Waals surface area (Å²) in [5.41, 5.74) is 6.64. The second kappa shape index (κ2) is 7.43. The van der Waals surface area contributed by atoms with Gasteiger partial charge in [-0.3, -0.25) is 0 Å². The van der Waals surface area contributed by atoms with Gasteiger partial charge >= 0.3 is 10.4 Å². The maximum Gasteiger partial charge on any atom is 0.491 e. The molecule has 1 aliphatic heterocycles. The first-order chi connectivity index (χ1) is 10.5. The largest absolute Gasteiger partial charge is 0.491 e. The molecular weight excluding hydrogens is 310 g/mol. The Kier molecular flexibility index (Phi) is 5.58. The number of hydrogen-bond donors (Lipinski definition) is 1. The fourth-order valence-electron chi connectivity index (χ4n) is 2.01. The number of hydroxylamine groups is 2. The van der Waals surface area contributed by atoms with Gasteiger partial charge < -0.3 is 10.5 Å². The van der Waals surface area contributed by atoms with Gasteiger partial charge in [-0.15, -0.1) is 4.28 Å². The fourth-order valence-corrected chi connectivity index (χ4v) is 2.60. The molecule has 1 aromatic carbocycles. The molecular formula is C13H19N3O5S. The third-order valence-corrected chi connectivity index (χ3v) is 3.60. The van der Waals surface area contributed by atoms with Crippen LogP contribution in [0.4, 0.5) is 0 Å². The molecule has 122 valence electrons. The molecule has 0 radical (unpaired) electrons. The molecule has 22 heavy (non-hydrogen) atoms. The summed E-state index contributed by atoms with van der Waals surface area (Å²) in [6.45, 7) is 2.62. The molecule has 0 saturated carbocycles. The molecule has 0 saturated heterocycles. The molecule has 1 aliphatic rings. The van der Waals surface area contributed by atoms with Gasteiger partial charge in [-0.25, -0.2) is 4.28 Å². The molecule has 0 aromatic heterocycles. The van der Waals surface area contributed by atoms with Gasteiger partial charge in [0.15, 0.2) is 0 Å². The third-order valence-electron chi connectivity index (χ3n) is 2.99. The van der Waals surface area contributed by atoms with Crippen LogP contribution >= 0.6 is 0 Å². The number of benzene rings is 1. The summed E-state index contributed by atoms with van der Waals surface area (Å²) in [5, 5.41) is 4.31. The topological polar surface area (TPSA) is 103 Å². The number of hydrogen-bond acceptors (Lipinski definition) is 8. The highest BCUT2D eigenvalue weighted by Crippen LogP contribution is 2.16. The first kappa shape index (κ1) is 16.5. The van der Waals surface area contributed by atoms with E-state index in [9.17, 15) is 8.42 Å². The van der Waals surface area contributed by atoms with Gasteiger partial charge in [0, 0.05) is 0 Å². The normalized spacial score (nSPS) is 18.4. The number of rotatable bonds is 7. The van der Waals surface area contributed by atoms with Gasteiger partial charge in [-0.1, -0.05) is 43.7 Å². The van der Waals surface area contributed by atoms with Gasteiger partial charge in [-0.05, 0) is 17.1 Å². The summed E-state index contributed by atoms with van der Waals surface area (Å²) in [5.74, 6) is -0.156. The number of oxime groups is 1. The number of guanidine groups is 1. The third kappa shape index (κ3) is 4.58. The van der Waals surface area contributed by atoms with Crippen molar-refractivity contribution in [1.82, 2.24) is 5.06 Å². The molecule has 2 N–H and O–H groups in total. The monoisotopic (exact) mass is 329 g/mol. The van der Waals surface area contributed by atoms with E-state index in [1.807, 2.05) is 37.3 Å². The predicted molar refractivity (Wildman–Crippen MR) is 79.3 cm³/mol. The molecule has 0 aliphatic carbocycles. The van der Waals surface area contributed by atoms with Crippen molar-refractivity contribution in [3.8, 4) is 0 Å². The van der Waals surface area contributed by atoms with E-state index >= 15 is 0 Å². The Bertz CT molecular complexity index is 605. The van der Waals surface area contributed by atoms with Crippen molar-refractivity contribution in [1.29, 1.82) is 0 Å². The van der Waals surface area contributed by atoms with Gasteiger partial charge in [0.2, 0.25) is 0 Å². The zero-order chi connectivity index (χ0) is 16.0. The van der Waals surface area contributed by atoms with Crippen LogP contribution in [0.25, 0.3) is 0 Å². The first-order valence-electron chi connectivity index (χ1n) is 6.89. The van der Waals surface area contributed by atoms with E-state index < -0.39 is 10.4 Å². The quantitative estimate of drug-likeness (QED) is 0.799. The second-order valence-corrected chi connectivity index (χ2v) is 5.89. The van der Waals surface area contributed by atoms with Crippen molar-refractivity contribution in [3.05, 3.63) is 35.9 Å². The standard InChI is InChI=1S/C13H19N3O5S/c1-2-6-12(10-19-9-11-7-4-3-5-8-11)16-13(14)15-20-22(17,18)21-16/h3-5,7-8,12H,2,6,9-10H2,1H3,(H2,14,15). The van der Waals surface area contributed by atoms with E-state index in [0.29, 0.717) is 13.0 Å². The summed E-state index contributed by atoms with van der Waals surface area (Å²) in [7, 11) is -4.20. The van der Waals surface area contributed by atoms with E-state index in [-0.39, 0.29) is 18.6 Å². The number of nitrogens with two attached hydrogens (primary N) is 1. The van der Waals surface area contributed by atoms with Crippen molar-refractivity contribution in [3.63, 3.8) is 0 Å². The van der Waals surface area contributed by atoms with Gasteiger partial charge in [0.1, 0.15) is 0 Å². The highest BCUT2D eigenvalue weighted by atomic mass is 32.3. The van der Waals surface area contributed by atoms with Crippen molar-refractivity contribution >= 4 is 16.4 Å². The highest BCUT2D eigenvalue weighted by molar-refractivity contribution is 7.81. The fraction of sp³-hybridized carbons (Fsp3) is 0.462. The zero-order valence-corrected chi connectivity index (χ0v) is 13.0. The lowest BCUT2D eigenvalue weighted by Gasteiger charge is -2.30. The number of nitrogens with zero attached hydrogens (tertiary/aromatic N) is 2. The lowest BCUT2D eigenvalue weighted by atomic mass is 10.2. The van der Waals surface area contributed by atoms with Gasteiger partial charge in [0.05, 0.1) is 19.3 Å². The number of ether oxygens (including phenoxy) is 1. The summed E-state index contributed by atoms with van der Waals surface area (Å²) in [4.78, 5) is 0. The molecule has 1 unspecified atom stereocenters. The molecule has 0 amide bonds. The van der Waals surface area contributed by atoms with E-state index in [1.54, 1.807) is 0 Å². The minimum Gasteiger partial charge on any atom is -0.375 e. The molecule has 0 spiro atoms. The van der Waals surface area contributed by atoms with Crippen LogP contribution in [0.3, 0.4) is 0 Å². The molecule has 2 rings (SSSR count). The average Bonchev–Trinajstić information content (AvgIpc) is 2.50. The van der Waals surface area contributed by atoms with Crippen molar-refractivity contribution < 1.29 is 21.7 Å². The zero-order valence-electron chi connectivity index (χ0n) is 12.2. The minimum absolute atomic E-state index is 0.156. The predicted octanol–water partition coefficient (Wildman–Crippen LogP) is 1.11. The molecule has 9 heteroatoms. The lowest BCUT2D eigenvalue weighted by molar-refractivity contribution is -0.0769. The van der Waals surface area contributed by atoms with Crippen LogP contribution in [0.2, 0.25) is 0 Å². The summed E-state index contributed by atoms with van der Waals surface area (Å²) >= 11 is 0. The van der Waals surface area contributed by atoms with Crippen LogP contribution in [-0.4, -0.2) is 32.1 Å². The summed E-state index contributed by atoms with van der Waals surface area (Å²) < 4.78 is 37.2. The highest BCUT2D eigenvalue weighted by Gasteiger charge is 2.32.